The Kier molecular flexibility index (Phi) is 5.30. The highest BCUT2D eigenvalue weighted by Gasteiger charge is 2.28. The van der Waals surface area contributed by atoms with Crippen LogP contribution in [0.2, 0.25) is 0 Å². The summed E-state index contributed by atoms with van der Waals surface area (Å²) >= 11 is 0. The highest BCUT2D eigenvalue weighted by Crippen LogP contribution is 2.24. The summed E-state index contributed by atoms with van der Waals surface area (Å²) in [5.74, 6) is 4.99. The lowest BCUT2D eigenvalue weighted by atomic mass is 9.89. The molecule has 3 rings (SSSR count). The van der Waals surface area contributed by atoms with Gasteiger partial charge < -0.3 is 4.90 Å². The highest BCUT2D eigenvalue weighted by atomic mass is 16.2. The number of piperidine rings is 1. The van der Waals surface area contributed by atoms with Gasteiger partial charge in [-0.3, -0.25) is 9.59 Å². The first-order valence-corrected chi connectivity index (χ1v) is 8.60. The third-order valence-electron chi connectivity index (χ3n) is 4.59. The second-order valence-electron chi connectivity index (χ2n) is 6.27. The van der Waals surface area contributed by atoms with E-state index in [0.29, 0.717) is 18.7 Å². The van der Waals surface area contributed by atoms with Gasteiger partial charge in [0.25, 0.3) is 5.91 Å². The Morgan fingerprint density at radius 2 is 1.68 bits per heavy atom. The van der Waals surface area contributed by atoms with Gasteiger partial charge in [0, 0.05) is 24.6 Å². The molecule has 2 aromatic rings. The summed E-state index contributed by atoms with van der Waals surface area (Å²) in [6, 6.07) is 17.8. The molecule has 1 unspecified atom stereocenters. The van der Waals surface area contributed by atoms with Crippen molar-refractivity contribution in [3.8, 4) is 23.0 Å². The second kappa shape index (κ2) is 7.81. The zero-order valence-corrected chi connectivity index (χ0v) is 14.4. The maximum absolute atomic E-state index is 12.8. The van der Waals surface area contributed by atoms with Crippen molar-refractivity contribution in [2.45, 2.75) is 19.8 Å². The number of rotatable bonds is 3. The third-order valence-corrected chi connectivity index (χ3v) is 4.59. The lowest BCUT2D eigenvalue weighted by Gasteiger charge is -2.30. The minimum absolute atomic E-state index is 0.113. The van der Waals surface area contributed by atoms with E-state index in [1.54, 1.807) is 11.8 Å². The molecule has 0 radical (unpaired) electrons. The predicted octanol–water partition coefficient (Wildman–Crippen LogP) is 3.80. The number of carbonyl (C=O) groups is 2. The summed E-state index contributed by atoms with van der Waals surface area (Å²) in [4.78, 5) is 26.4. The molecule has 1 atom stereocenters. The van der Waals surface area contributed by atoms with Gasteiger partial charge in [0.15, 0.2) is 5.78 Å². The summed E-state index contributed by atoms with van der Waals surface area (Å²) in [6.07, 6.45) is 1.66. The van der Waals surface area contributed by atoms with Gasteiger partial charge >= 0.3 is 0 Å². The van der Waals surface area contributed by atoms with Crippen molar-refractivity contribution >= 4 is 11.7 Å². The molecule has 0 aliphatic carbocycles. The summed E-state index contributed by atoms with van der Waals surface area (Å²) < 4.78 is 0. The van der Waals surface area contributed by atoms with Crippen LogP contribution in [-0.2, 0) is 4.79 Å². The Morgan fingerprint density at radius 3 is 2.36 bits per heavy atom. The first-order valence-electron chi connectivity index (χ1n) is 8.60. The molecule has 1 saturated heterocycles. The van der Waals surface area contributed by atoms with Gasteiger partial charge in [0.05, 0.1) is 0 Å². The van der Waals surface area contributed by atoms with Crippen LogP contribution in [0.1, 0.15) is 30.1 Å². The van der Waals surface area contributed by atoms with Crippen LogP contribution in [0.15, 0.2) is 54.6 Å². The first-order chi connectivity index (χ1) is 12.2. The number of Topliss-reactive ketones (excluding diaryl/α,β-unsaturated/α-hetero) is 1. The zero-order valence-electron chi connectivity index (χ0n) is 14.4. The van der Waals surface area contributed by atoms with E-state index in [2.05, 4.69) is 24.0 Å². The molecule has 25 heavy (non-hydrogen) atoms. The minimum atomic E-state index is -0.181. The molecular formula is C22H21NO2. The predicted molar refractivity (Wildman–Crippen MR) is 99.0 cm³/mol. The van der Waals surface area contributed by atoms with Crippen LogP contribution < -0.4 is 0 Å². The number of nitrogens with zero attached hydrogens (tertiary/aromatic N) is 1. The number of amides is 1. The third kappa shape index (κ3) is 3.97. The molecule has 0 bridgehead atoms. The molecule has 1 amide bonds. The number of hydrogen-bond donors (Lipinski definition) is 0. The Morgan fingerprint density at radius 1 is 1.00 bits per heavy atom. The molecule has 126 valence electrons. The molecule has 1 fully saturated rings. The lowest BCUT2D eigenvalue weighted by molar-refractivity contribution is -0.126. The van der Waals surface area contributed by atoms with Gasteiger partial charge in [0.1, 0.15) is 0 Å². The van der Waals surface area contributed by atoms with Crippen LogP contribution in [0.3, 0.4) is 0 Å². The van der Waals surface area contributed by atoms with Crippen molar-refractivity contribution in [2.24, 2.45) is 5.92 Å². The fourth-order valence-corrected chi connectivity index (χ4v) is 3.25. The zero-order chi connectivity index (χ0) is 17.6. The van der Waals surface area contributed by atoms with E-state index in [9.17, 15) is 9.59 Å². The number of hydrogen-bond acceptors (Lipinski definition) is 2. The SMILES string of the molecule is CC#CC(=O)N1CCCC(C(=O)c2ccc(-c3ccccc3)cc2)C1. The molecular weight excluding hydrogens is 310 g/mol. The van der Waals surface area contributed by atoms with Crippen molar-refractivity contribution in [1.82, 2.24) is 4.90 Å². The van der Waals surface area contributed by atoms with E-state index >= 15 is 0 Å². The van der Waals surface area contributed by atoms with Gasteiger partial charge in [-0.2, -0.15) is 0 Å². The minimum Gasteiger partial charge on any atom is -0.331 e. The topological polar surface area (TPSA) is 37.4 Å². The monoisotopic (exact) mass is 331 g/mol. The molecule has 1 heterocycles. The van der Waals surface area contributed by atoms with Crippen molar-refractivity contribution < 1.29 is 9.59 Å². The number of ketones is 1. The number of carbonyl (C=O) groups excluding carboxylic acids is 2. The van der Waals surface area contributed by atoms with E-state index in [0.717, 1.165) is 24.0 Å². The summed E-state index contributed by atoms with van der Waals surface area (Å²) in [6.45, 7) is 2.80. The molecule has 0 aromatic heterocycles. The van der Waals surface area contributed by atoms with Crippen LogP contribution in [0.4, 0.5) is 0 Å². The Bertz CT molecular complexity index is 813. The highest BCUT2D eigenvalue weighted by molar-refractivity contribution is 5.99. The van der Waals surface area contributed by atoms with Crippen LogP contribution in [0, 0.1) is 17.8 Å². The van der Waals surface area contributed by atoms with Crippen molar-refractivity contribution in [3.05, 3.63) is 60.2 Å². The Labute approximate surface area is 148 Å². The molecule has 3 nitrogen and oxygen atoms in total. The summed E-state index contributed by atoms with van der Waals surface area (Å²) in [5.41, 5.74) is 2.94. The fraction of sp³-hybridized carbons (Fsp3) is 0.273. The average Bonchev–Trinajstić information content (AvgIpc) is 2.68. The first kappa shape index (κ1) is 17.0. The van der Waals surface area contributed by atoms with Gasteiger partial charge in [0.2, 0.25) is 0 Å². The van der Waals surface area contributed by atoms with Crippen molar-refractivity contribution in [1.29, 1.82) is 0 Å². The number of benzene rings is 2. The summed E-state index contributed by atoms with van der Waals surface area (Å²) in [5, 5.41) is 0. The van der Waals surface area contributed by atoms with Crippen molar-refractivity contribution in [2.75, 3.05) is 13.1 Å². The normalized spacial score (nSPS) is 16.7. The largest absolute Gasteiger partial charge is 0.331 e. The van der Waals surface area contributed by atoms with Crippen LogP contribution in [0.5, 0.6) is 0 Å². The smallest absolute Gasteiger partial charge is 0.298 e. The van der Waals surface area contributed by atoms with E-state index in [1.165, 1.54) is 0 Å². The fourth-order valence-electron chi connectivity index (χ4n) is 3.25. The molecule has 1 aliphatic heterocycles. The van der Waals surface area contributed by atoms with Crippen LogP contribution >= 0.6 is 0 Å². The van der Waals surface area contributed by atoms with E-state index in [-0.39, 0.29) is 17.6 Å². The van der Waals surface area contributed by atoms with Gasteiger partial charge in [-0.05, 0) is 36.8 Å². The standard InChI is InChI=1S/C22H21NO2/c1-2-7-21(24)23-15-6-10-20(16-23)22(25)19-13-11-18(12-14-19)17-8-4-3-5-9-17/h3-5,8-9,11-14,20H,6,10,15-16H2,1H3. The molecule has 3 heteroatoms. The Balaban J connectivity index is 1.72. The van der Waals surface area contributed by atoms with Crippen molar-refractivity contribution in [3.63, 3.8) is 0 Å². The number of likely N-dealkylation sites (tertiary alicyclic amines) is 1. The van der Waals surface area contributed by atoms with Gasteiger partial charge in [-0.25, -0.2) is 0 Å². The Hall–Kier alpha value is -2.86. The average molecular weight is 331 g/mol. The van der Waals surface area contributed by atoms with E-state index in [1.807, 2.05) is 42.5 Å². The molecule has 2 aromatic carbocycles. The van der Waals surface area contributed by atoms with Gasteiger partial charge in [-0.1, -0.05) is 60.5 Å². The van der Waals surface area contributed by atoms with Crippen LogP contribution in [0.25, 0.3) is 11.1 Å². The summed E-state index contributed by atoms with van der Waals surface area (Å²) in [7, 11) is 0. The molecule has 0 N–H and O–H groups in total. The maximum atomic E-state index is 12.8. The quantitative estimate of drug-likeness (QED) is 0.634. The maximum Gasteiger partial charge on any atom is 0.298 e. The van der Waals surface area contributed by atoms with E-state index < -0.39 is 0 Å². The lowest BCUT2D eigenvalue weighted by Crippen LogP contribution is -2.41. The second-order valence-corrected chi connectivity index (χ2v) is 6.27. The molecule has 1 aliphatic rings. The molecule has 0 saturated carbocycles. The van der Waals surface area contributed by atoms with E-state index in [4.69, 9.17) is 0 Å². The van der Waals surface area contributed by atoms with Crippen LogP contribution in [-0.4, -0.2) is 29.7 Å². The van der Waals surface area contributed by atoms with Gasteiger partial charge in [-0.15, -0.1) is 0 Å². The molecule has 0 spiro atoms.